The molecule has 4 nitrogen and oxygen atoms in total. The van der Waals surface area contributed by atoms with Gasteiger partial charge >= 0.3 is 6.09 Å². The molecule has 1 aliphatic heterocycles. The molecule has 128 valence electrons. The van der Waals surface area contributed by atoms with Crippen molar-refractivity contribution in [2.45, 2.75) is 51.7 Å². The van der Waals surface area contributed by atoms with E-state index in [1.165, 1.54) is 0 Å². The fourth-order valence-corrected chi connectivity index (χ4v) is 3.70. The van der Waals surface area contributed by atoms with Gasteiger partial charge in [0.25, 0.3) is 0 Å². The Morgan fingerprint density at radius 1 is 1.43 bits per heavy atom. The second-order valence-corrected chi connectivity index (χ2v) is 8.43. The van der Waals surface area contributed by atoms with Crippen molar-refractivity contribution in [2.24, 2.45) is 0 Å². The molecule has 1 N–H and O–H groups in total. The molecule has 1 aromatic rings. The minimum Gasteiger partial charge on any atom is -0.444 e. The maximum atomic E-state index is 12.4. The molecule has 0 saturated carbocycles. The molecule has 1 aliphatic rings. The zero-order valence-electron chi connectivity index (χ0n) is 13.9. The smallest absolute Gasteiger partial charge is 0.410 e. The summed E-state index contributed by atoms with van der Waals surface area (Å²) < 4.78 is 6.62. The molecule has 0 radical (unpaired) electrons. The lowest BCUT2D eigenvalue weighted by molar-refractivity contribution is 0.0114. The summed E-state index contributed by atoms with van der Waals surface area (Å²) in [6.07, 6.45) is 2.96. The number of hydrogen-bond donors (Lipinski definition) is 1. The van der Waals surface area contributed by atoms with Gasteiger partial charge in [-0.15, -0.1) is 0 Å². The number of piperidine rings is 1. The maximum absolute atomic E-state index is 12.4. The molecule has 1 amide bonds. The van der Waals surface area contributed by atoms with E-state index >= 15 is 0 Å². The standard InChI is InChI=1S/C17H24ClIN2O2/c1-17(2,3)23-16(22)21-9-5-4-6-13(21)11-20-15-8-7-12(18)10-14(15)19/h7-8,10,13,20H,4-6,9,11H2,1-3H3. The van der Waals surface area contributed by atoms with E-state index in [0.29, 0.717) is 0 Å². The molecule has 0 bridgehead atoms. The van der Waals surface area contributed by atoms with Crippen LogP contribution in [-0.2, 0) is 4.74 Å². The Bertz CT molecular complexity index is 560. The predicted molar refractivity (Wildman–Crippen MR) is 103 cm³/mol. The first-order valence-corrected chi connectivity index (χ1v) is 9.40. The van der Waals surface area contributed by atoms with Crippen molar-refractivity contribution >= 4 is 46.0 Å². The van der Waals surface area contributed by atoms with E-state index in [1.807, 2.05) is 43.9 Å². The molecule has 23 heavy (non-hydrogen) atoms. The average Bonchev–Trinajstić information content (AvgIpc) is 2.45. The number of rotatable bonds is 3. The minimum atomic E-state index is -0.460. The van der Waals surface area contributed by atoms with Crippen LogP contribution >= 0.6 is 34.2 Å². The van der Waals surface area contributed by atoms with E-state index in [0.717, 1.165) is 46.6 Å². The van der Waals surface area contributed by atoms with Crippen LogP contribution < -0.4 is 5.32 Å². The molecule has 1 aromatic carbocycles. The molecule has 1 saturated heterocycles. The summed E-state index contributed by atoms with van der Waals surface area (Å²) in [5, 5.41) is 4.17. The Labute approximate surface area is 157 Å². The highest BCUT2D eigenvalue weighted by atomic mass is 127. The number of likely N-dealkylation sites (tertiary alicyclic amines) is 1. The Morgan fingerprint density at radius 3 is 2.83 bits per heavy atom. The van der Waals surface area contributed by atoms with Gasteiger partial charge in [-0.05, 0) is 80.8 Å². The zero-order valence-corrected chi connectivity index (χ0v) is 16.8. The number of ether oxygens (including phenoxy) is 1. The van der Waals surface area contributed by atoms with E-state index in [9.17, 15) is 4.79 Å². The monoisotopic (exact) mass is 450 g/mol. The van der Waals surface area contributed by atoms with Crippen molar-refractivity contribution in [2.75, 3.05) is 18.4 Å². The number of carbonyl (C=O) groups excluding carboxylic acids is 1. The fraction of sp³-hybridized carbons (Fsp3) is 0.588. The summed E-state index contributed by atoms with van der Waals surface area (Å²) in [5.41, 5.74) is 0.586. The molecular weight excluding hydrogens is 427 g/mol. The normalized spacial score (nSPS) is 18.7. The van der Waals surface area contributed by atoms with Gasteiger partial charge in [-0.3, -0.25) is 0 Å². The number of anilines is 1. The second kappa shape index (κ2) is 7.92. The van der Waals surface area contributed by atoms with E-state index in [2.05, 4.69) is 27.9 Å². The highest BCUT2D eigenvalue weighted by Crippen LogP contribution is 2.24. The van der Waals surface area contributed by atoms with E-state index in [4.69, 9.17) is 16.3 Å². The highest BCUT2D eigenvalue weighted by Gasteiger charge is 2.30. The van der Waals surface area contributed by atoms with E-state index < -0.39 is 5.60 Å². The number of nitrogens with zero attached hydrogens (tertiary/aromatic N) is 1. The molecule has 6 heteroatoms. The molecule has 1 fully saturated rings. The Kier molecular flexibility index (Phi) is 6.42. The Balaban J connectivity index is 1.99. The summed E-state index contributed by atoms with van der Waals surface area (Å²) >= 11 is 8.25. The molecular formula is C17H24ClIN2O2. The SMILES string of the molecule is CC(C)(C)OC(=O)N1CCCCC1CNc1ccc(Cl)cc1I. The number of amides is 1. The molecule has 0 aliphatic carbocycles. The molecule has 0 spiro atoms. The van der Waals surface area contributed by atoms with Crippen LogP contribution in [-0.4, -0.2) is 35.7 Å². The van der Waals surface area contributed by atoms with Gasteiger partial charge in [0.15, 0.2) is 0 Å². The van der Waals surface area contributed by atoms with Gasteiger partial charge < -0.3 is 15.0 Å². The summed E-state index contributed by atoms with van der Waals surface area (Å²) in [4.78, 5) is 14.3. The first kappa shape index (κ1) is 18.6. The Morgan fingerprint density at radius 2 is 2.17 bits per heavy atom. The largest absolute Gasteiger partial charge is 0.444 e. The van der Waals surface area contributed by atoms with Gasteiger partial charge in [0.2, 0.25) is 0 Å². The first-order chi connectivity index (χ1) is 10.8. The van der Waals surface area contributed by atoms with Crippen molar-refractivity contribution in [3.05, 3.63) is 26.8 Å². The van der Waals surface area contributed by atoms with E-state index in [1.54, 1.807) is 0 Å². The van der Waals surface area contributed by atoms with Crippen LogP contribution in [0.4, 0.5) is 10.5 Å². The second-order valence-electron chi connectivity index (χ2n) is 6.83. The average molecular weight is 451 g/mol. The number of nitrogens with one attached hydrogen (secondary N) is 1. The van der Waals surface area contributed by atoms with Crippen molar-refractivity contribution < 1.29 is 9.53 Å². The third-order valence-corrected chi connectivity index (χ3v) is 4.84. The number of halogens is 2. The van der Waals surface area contributed by atoms with Crippen molar-refractivity contribution in [3.8, 4) is 0 Å². The lowest BCUT2D eigenvalue weighted by Gasteiger charge is -2.37. The summed E-state index contributed by atoms with van der Waals surface area (Å²) in [6, 6.07) is 5.94. The van der Waals surface area contributed by atoms with Crippen LogP contribution in [0.5, 0.6) is 0 Å². The van der Waals surface area contributed by atoms with Crippen LogP contribution in [0.1, 0.15) is 40.0 Å². The van der Waals surface area contributed by atoms with Gasteiger partial charge in [-0.1, -0.05) is 11.6 Å². The van der Waals surface area contributed by atoms with Gasteiger partial charge in [-0.2, -0.15) is 0 Å². The lowest BCUT2D eigenvalue weighted by Crippen LogP contribution is -2.48. The van der Waals surface area contributed by atoms with E-state index in [-0.39, 0.29) is 12.1 Å². The third-order valence-electron chi connectivity index (χ3n) is 3.71. The first-order valence-electron chi connectivity index (χ1n) is 7.95. The van der Waals surface area contributed by atoms with Crippen molar-refractivity contribution in [3.63, 3.8) is 0 Å². The highest BCUT2D eigenvalue weighted by molar-refractivity contribution is 14.1. The molecule has 0 aromatic heterocycles. The van der Waals surface area contributed by atoms with Gasteiger partial charge in [0.05, 0.1) is 6.04 Å². The summed E-state index contributed by atoms with van der Waals surface area (Å²) in [5.74, 6) is 0. The molecule has 2 rings (SSSR count). The third kappa shape index (κ3) is 5.71. The maximum Gasteiger partial charge on any atom is 0.410 e. The van der Waals surface area contributed by atoms with Crippen LogP contribution in [0.2, 0.25) is 5.02 Å². The van der Waals surface area contributed by atoms with Crippen molar-refractivity contribution in [1.29, 1.82) is 0 Å². The zero-order chi connectivity index (χ0) is 17.0. The Hall–Kier alpha value is -0.690. The number of hydrogen-bond acceptors (Lipinski definition) is 3. The minimum absolute atomic E-state index is 0.157. The molecule has 1 atom stereocenters. The van der Waals surface area contributed by atoms with Crippen molar-refractivity contribution in [1.82, 2.24) is 4.90 Å². The molecule has 1 heterocycles. The molecule has 1 unspecified atom stereocenters. The fourth-order valence-electron chi connectivity index (χ4n) is 2.63. The van der Waals surface area contributed by atoms with Gasteiger partial charge in [0.1, 0.15) is 5.60 Å². The van der Waals surface area contributed by atoms with Gasteiger partial charge in [-0.25, -0.2) is 4.79 Å². The van der Waals surface area contributed by atoms with Gasteiger partial charge in [0, 0.05) is 27.4 Å². The summed E-state index contributed by atoms with van der Waals surface area (Å²) in [7, 11) is 0. The quantitative estimate of drug-likeness (QED) is 0.648. The van der Waals surface area contributed by atoms with Crippen LogP contribution in [0, 0.1) is 3.57 Å². The van der Waals surface area contributed by atoms with Crippen LogP contribution in [0.15, 0.2) is 18.2 Å². The lowest BCUT2D eigenvalue weighted by atomic mass is 10.0. The van der Waals surface area contributed by atoms with Crippen LogP contribution in [0.25, 0.3) is 0 Å². The number of carbonyl (C=O) groups is 1. The summed E-state index contributed by atoms with van der Waals surface area (Å²) in [6.45, 7) is 7.18. The number of benzene rings is 1. The van der Waals surface area contributed by atoms with Crippen LogP contribution in [0.3, 0.4) is 0 Å². The topological polar surface area (TPSA) is 41.6 Å². The predicted octanol–water partition coefficient (Wildman–Crippen LogP) is 5.15.